The average molecular weight is 570 g/mol. The van der Waals surface area contributed by atoms with Crippen molar-refractivity contribution >= 4 is 17.8 Å². The Morgan fingerprint density at radius 2 is 1.71 bits per heavy atom. The van der Waals surface area contributed by atoms with Gasteiger partial charge in [0.15, 0.2) is 0 Å². The molecule has 2 unspecified atom stereocenters. The van der Waals surface area contributed by atoms with Crippen molar-refractivity contribution in [2.75, 3.05) is 7.11 Å². The molecule has 42 heavy (non-hydrogen) atoms. The minimum Gasteiger partial charge on any atom is -0.496 e. The molecule has 218 valence electrons. The van der Waals surface area contributed by atoms with Crippen molar-refractivity contribution in [2.45, 2.75) is 45.8 Å². The van der Waals surface area contributed by atoms with E-state index in [2.05, 4.69) is 4.98 Å². The quantitative estimate of drug-likeness (QED) is 0.247. The van der Waals surface area contributed by atoms with Crippen molar-refractivity contribution in [3.8, 4) is 11.4 Å². The van der Waals surface area contributed by atoms with Crippen LogP contribution in [0.15, 0.2) is 73.2 Å². The molecule has 2 amide bonds. The van der Waals surface area contributed by atoms with Gasteiger partial charge in [-0.05, 0) is 85.8 Å². The van der Waals surface area contributed by atoms with Gasteiger partial charge in [-0.15, -0.1) is 0 Å². The molecule has 1 heterocycles. The van der Waals surface area contributed by atoms with Crippen molar-refractivity contribution in [2.24, 2.45) is 11.5 Å². The highest BCUT2D eigenvalue weighted by atomic mass is 16.5. The number of benzene rings is 3. The molecule has 10 nitrogen and oxygen atoms in total. The molecule has 2 atom stereocenters. The summed E-state index contributed by atoms with van der Waals surface area (Å²) in [4.78, 5) is 43.8. The maximum absolute atomic E-state index is 14.0. The first-order valence-corrected chi connectivity index (χ1v) is 13.5. The number of imidazole rings is 1. The lowest BCUT2D eigenvalue weighted by Crippen LogP contribution is -2.46. The van der Waals surface area contributed by atoms with Gasteiger partial charge in [0.25, 0.3) is 0 Å². The third-order valence-corrected chi connectivity index (χ3v) is 7.40. The number of carbonyl (C=O) groups excluding carboxylic acids is 2. The molecule has 0 fully saturated rings. The number of hydrogen-bond donors (Lipinski definition) is 3. The Hall–Kier alpha value is -4.96. The molecule has 0 saturated heterocycles. The number of para-hydroxylation sites is 1. The van der Waals surface area contributed by atoms with E-state index in [0.29, 0.717) is 16.8 Å². The van der Waals surface area contributed by atoms with Crippen LogP contribution in [0.4, 0.5) is 0 Å². The second-order valence-electron chi connectivity index (χ2n) is 10.3. The van der Waals surface area contributed by atoms with Crippen LogP contribution in [0.5, 0.6) is 5.75 Å². The van der Waals surface area contributed by atoms with Gasteiger partial charge in [-0.3, -0.25) is 9.59 Å². The monoisotopic (exact) mass is 569 g/mol. The molecule has 0 spiro atoms. The first kappa shape index (κ1) is 30.0. The van der Waals surface area contributed by atoms with Gasteiger partial charge in [0.1, 0.15) is 11.3 Å². The number of carbonyl (C=O) groups is 3. The Morgan fingerprint density at radius 3 is 2.31 bits per heavy atom. The van der Waals surface area contributed by atoms with E-state index in [1.54, 1.807) is 35.5 Å². The van der Waals surface area contributed by atoms with E-state index in [1.165, 1.54) is 13.2 Å². The Labute approximate surface area is 244 Å². The van der Waals surface area contributed by atoms with E-state index in [9.17, 15) is 19.5 Å². The van der Waals surface area contributed by atoms with Crippen molar-refractivity contribution in [3.05, 3.63) is 112 Å². The summed E-state index contributed by atoms with van der Waals surface area (Å²) in [7, 11) is 1.40. The summed E-state index contributed by atoms with van der Waals surface area (Å²) in [6.07, 6.45) is 3.78. The van der Waals surface area contributed by atoms with Crippen LogP contribution in [-0.2, 0) is 17.8 Å². The van der Waals surface area contributed by atoms with E-state index in [0.717, 1.165) is 22.4 Å². The van der Waals surface area contributed by atoms with Gasteiger partial charge in [-0.2, -0.15) is 0 Å². The molecule has 10 heteroatoms. The highest BCUT2D eigenvalue weighted by Gasteiger charge is 2.29. The third kappa shape index (κ3) is 6.50. The number of carboxylic acid groups (broad SMARTS) is 1. The molecule has 0 aliphatic rings. The highest BCUT2D eigenvalue weighted by molar-refractivity contribution is 5.93. The number of hydrogen-bond acceptors (Lipinski definition) is 6. The van der Waals surface area contributed by atoms with Crippen LogP contribution >= 0.6 is 0 Å². The van der Waals surface area contributed by atoms with Gasteiger partial charge in [0.2, 0.25) is 11.8 Å². The second kappa shape index (κ2) is 12.7. The first-order chi connectivity index (χ1) is 20.0. The fraction of sp³-hybridized carbons (Fsp3) is 0.250. The normalized spacial score (nSPS) is 12.4. The molecule has 0 bridgehead atoms. The summed E-state index contributed by atoms with van der Waals surface area (Å²) in [6, 6.07) is 16.5. The van der Waals surface area contributed by atoms with Gasteiger partial charge in [0.05, 0.1) is 31.2 Å². The minimum absolute atomic E-state index is 0.00602. The zero-order valence-corrected chi connectivity index (χ0v) is 24.1. The molecule has 4 aromatic rings. The van der Waals surface area contributed by atoms with Crippen LogP contribution in [0.25, 0.3) is 5.69 Å². The van der Waals surface area contributed by atoms with Gasteiger partial charge in [-0.1, -0.05) is 24.3 Å². The zero-order chi connectivity index (χ0) is 30.6. The number of ether oxygens (including phenoxy) is 1. The number of carboxylic acids is 1. The SMILES string of the molecule is COc1ccc(CN(C(=O)C(N)Cc2c(C)cc(C(N)=O)cc2C)C(C)c2cn(-c3ccccc3)cn2)cc1C(=O)O. The molecular formula is C32H35N5O5. The number of aromatic nitrogens is 2. The Morgan fingerprint density at radius 1 is 1.05 bits per heavy atom. The number of aryl methyl sites for hydroxylation is 2. The van der Waals surface area contributed by atoms with Crippen LogP contribution in [0.2, 0.25) is 0 Å². The summed E-state index contributed by atoms with van der Waals surface area (Å²) in [5, 5.41) is 9.70. The van der Waals surface area contributed by atoms with Crippen molar-refractivity contribution in [1.82, 2.24) is 14.5 Å². The molecule has 0 aliphatic carbocycles. The van der Waals surface area contributed by atoms with Crippen LogP contribution in [0.3, 0.4) is 0 Å². The van der Waals surface area contributed by atoms with E-state index in [4.69, 9.17) is 16.2 Å². The van der Waals surface area contributed by atoms with Crippen LogP contribution in [-0.4, -0.2) is 50.5 Å². The average Bonchev–Trinajstić information content (AvgIpc) is 3.47. The molecule has 0 radical (unpaired) electrons. The fourth-order valence-corrected chi connectivity index (χ4v) is 5.06. The lowest BCUT2D eigenvalue weighted by molar-refractivity contribution is -0.135. The number of amides is 2. The summed E-state index contributed by atoms with van der Waals surface area (Å²) < 4.78 is 7.08. The van der Waals surface area contributed by atoms with Gasteiger partial charge < -0.3 is 30.8 Å². The molecule has 0 saturated carbocycles. The lowest BCUT2D eigenvalue weighted by atomic mass is 9.93. The molecule has 1 aromatic heterocycles. The summed E-state index contributed by atoms with van der Waals surface area (Å²) in [5.74, 6) is -1.77. The van der Waals surface area contributed by atoms with Crippen LogP contribution < -0.4 is 16.2 Å². The number of primary amides is 1. The summed E-state index contributed by atoms with van der Waals surface area (Å²) in [6.45, 7) is 5.66. The van der Waals surface area contributed by atoms with Crippen LogP contribution in [0.1, 0.15) is 61.6 Å². The molecule has 3 aromatic carbocycles. The van der Waals surface area contributed by atoms with Crippen molar-refractivity contribution < 1.29 is 24.2 Å². The Bertz CT molecular complexity index is 1590. The summed E-state index contributed by atoms with van der Waals surface area (Å²) >= 11 is 0. The topological polar surface area (TPSA) is 154 Å². The third-order valence-electron chi connectivity index (χ3n) is 7.40. The number of methoxy groups -OCH3 is 1. The van der Waals surface area contributed by atoms with Crippen molar-refractivity contribution in [3.63, 3.8) is 0 Å². The number of nitrogens with two attached hydrogens (primary N) is 2. The Balaban J connectivity index is 1.68. The maximum Gasteiger partial charge on any atom is 0.339 e. The van der Waals surface area contributed by atoms with Gasteiger partial charge >= 0.3 is 5.97 Å². The molecule has 0 aliphatic heterocycles. The smallest absolute Gasteiger partial charge is 0.339 e. The van der Waals surface area contributed by atoms with Gasteiger partial charge in [-0.25, -0.2) is 9.78 Å². The van der Waals surface area contributed by atoms with E-state index < -0.39 is 24.0 Å². The van der Waals surface area contributed by atoms with Gasteiger partial charge in [0, 0.05) is 24.0 Å². The number of aromatic carboxylic acids is 1. The number of rotatable bonds is 11. The second-order valence-corrected chi connectivity index (χ2v) is 10.3. The summed E-state index contributed by atoms with van der Waals surface area (Å²) in [5.41, 5.74) is 17.1. The molecule has 5 N–H and O–H groups in total. The Kier molecular flexibility index (Phi) is 9.07. The maximum atomic E-state index is 14.0. The first-order valence-electron chi connectivity index (χ1n) is 13.5. The predicted molar refractivity (Wildman–Crippen MR) is 159 cm³/mol. The lowest BCUT2D eigenvalue weighted by Gasteiger charge is -2.31. The van der Waals surface area contributed by atoms with E-state index in [1.807, 2.05) is 61.9 Å². The number of nitrogens with zero attached hydrogens (tertiary/aromatic N) is 3. The van der Waals surface area contributed by atoms with Crippen LogP contribution in [0, 0.1) is 13.8 Å². The van der Waals surface area contributed by atoms with E-state index in [-0.39, 0.29) is 30.2 Å². The molecule has 4 rings (SSSR count). The molecular weight excluding hydrogens is 534 g/mol. The zero-order valence-electron chi connectivity index (χ0n) is 24.1. The van der Waals surface area contributed by atoms with Crippen molar-refractivity contribution in [1.29, 1.82) is 0 Å². The largest absolute Gasteiger partial charge is 0.496 e. The standard InChI is InChI=1S/C32H35N5O5/c1-19-12-23(30(34)38)13-20(2)25(19)15-27(33)31(39)37(16-22-10-11-29(42-4)26(14-22)32(40)41)21(3)28-17-36(18-35-28)24-8-6-5-7-9-24/h5-14,17-18,21,27H,15-16,33H2,1-4H3,(H2,34,38)(H,40,41). The minimum atomic E-state index is -1.14. The highest BCUT2D eigenvalue weighted by Crippen LogP contribution is 2.27. The fourth-order valence-electron chi connectivity index (χ4n) is 5.06. The van der Waals surface area contributed by atoms with E-state index >= 15 is 0 Å². The predicted octanol–water partition coefficient (Wildman–Crippen LogP) is 3.95.